The lowest BCUT2D eigenvalue weighted by Crippen LogP contribution is -2.41. The first-order valence-corrected chi connectivity index (χ1v) is 3.51. The van der Waals surface area contributed by atoms with Gasteiger partial charge in [-0.3, -0.25) is 0 Å². The smallest absolute Gasteiger partial charge is 0.0212 e. The van der Waals surface area contributed by atoms with Gasteiger partial charge in [0.15, 0.2) is 0 Å². The first-order valence-electron chi connectivity index (χ1n) is 3.51. The normalized spacial score (nSPS) is 18.0. The van der Waals surface area contributed by atoms with Crippen LogP contribution in [-0.4, -0.2) is 31.1 Å². The van der Waals surface area contributed by atoms with Gasteiger partial charge < -0.3 is 10.6 Å². The van der Waals surface area contributed by atoms with E-state index in [0.29, 0.717) is 12.1 Å². The predicted octanol–water partition coefficient (Wildman–Crippen LogP) is 0.674. The summed E-state index contributed by atoms with van der Waals surface area (Å²) in [7, 11) is 4.11. The van der Waals surface area contributed by atoms with Crippen molar-refractivity contribution in [3.05, 3.63) is 0 Å². The van der Waals surface area contributed by atoms with Crippen molar-refractivity contribution < 1.29 is 0 Å². The van der Waals surface area contributed by atoms with Gasteiger partial charge in [-0.25, -0.2) is 0 Å². The van der Waals surface area contributed by atoms with Gasteiger partial charge in [0, 0.05) is 12.1 Å². The van der Waals surface area contributed by atoms with E-state index < -0.39 is 0 Å². The number of hydrogen-bond donors (Lipinski definition) is 1. The summed E-state index contributed by atoms with van der Waals surface area (Å²) < 4.78 is 0. The molecule has 0 aliphatic heterocycles. The molecule has 0 bridgehead atoms. The molecule has 2 atom stereocenters. The Kier molecular flexibility index (Phi) is 3.82. The third-order valence-corrected chi connectivity index (χ3v) is 1.91. The van der Waals surface area contributed by atoms with E-state index in [1.54, 1.807) is 0 Å². The SMILES string of the molecule is CCC(N)[C@@H](C)N(C)C. The highest BCUT2D eigenvalue weighted by molar-refractivity contribution is 4.72. The molecule has 0 fully saturated rings. The molecule has 2 N–H and O–H groups in total. The van der Waals surface area contributed by atoms with Crippen LogP contribution < -0.4 is 5.73 Å². The topological polar surface area (TPSA) is 29.3 Å². The Hall–Kier alpha value is -0.0800. The second-order valence-electron chi connectivity index (χ2n) is 2.78. The van der Waals surface area contributed by atoms with Crippen molar-refractivity contribution in [2.24, 2.45) is 5.73 Å². The molecular formula is C7H18N2. The highest BCUT2D eigenvalue weighted by atomic mass is 15.1. The number of nitrogens with zero attached hydrogens (tertiary/aromatic N) is 1. The van der Waals surface area contributed by atoms with E-state index in [9.17, 15) is 0 Å². The van der Waals surface area contributed by atoms with Crippen LogP contribution >= 0.6 is 0 Å². The van der Waals surface area contributed by atoms with E-state index in [4.69, 9.17) is 5.73 Å². The summed E-state index contributed by atoms with van der Waals surface area (Å²) in [4.78, 5) is 2.15. The molecule has 1 unspecified atom stereocenters. The number of likely N-dealkylation sites (N-methyl/N-ethyl adjacent to an activating group) is 1. The van der Waals surface area contributed by atoms with Crippen LogP contribution in [0, 0.1) is 0 Å². The Morgan fingerprint density at radius 2 is 1.89 bits per heavy atom. The molecule has 0 amide bonds. The van der Waals surface area contributed by atoms with Crippen molar-refractivity contribution in [3.8, 4) is 0 Å². The van der Waals surface area contributed by atoms with Crippen LogP contribution in [-0.2, 0) is 0 Å². The monoisotopic (exact) mass is 130 g/mol. The van der Waals surface area contributed by atoms with Gasteiger partial charge in [-0.2, -0.15) is 0 Å². The molecule has 0 aliphatic rings. The zero-order valence-electron chi connectivity index (χ0n) is 6.89. The van der Waals surface area contributed by atoms with Crippen molar-refractivity contribution in [2.75, 3.05) is 14.1 Å². The van der Waals surface area contributed by atoms with Crippen molar-refractivity contribution in [2.45, 2.75) is 32.4 Å². The maximum absolute atomic E-state index is 5.78. The van der Waals surface area contributed by atoms with Crippen LogP contribution in [0.5, 0.6) is 0 Å². The van der Waals surface area contributed by atoms with Gasteiger partial charge in [-0.1, -0.05) is 6.92 Å². The molecule has 0 rings (SSSR count). The highest BCUT2D eigenvalue weighted by Crippen LogP contribution is 1.99. The van der Waals surface area contributed by atoms with Gasteiger partial charge in [0.1, 0.15) is 0 Å². The summed E-state index contributed by atoms with van der Waals surface area (Å²) >= 11 is 0. The Morgan fingerprint density at radius 1 is 1.44 bits per heavy atom. The molecule has 0 aliphatic carbocycles. The van der Waals surface area contributed by atoms with Crippen LogP contribution in [0.25, 0.3) is 0 Å². The zero-order chi connectivity index (χ0) is 7.44. The summed E-state index contributed by atoms with van der Waals surface area (Å²) in [5.41, 5.74) is 5.78. The lowest BCUT2D eigenvalue weighted by Gasteiger charge is -2.24. The van der Waals surface area contributed by atoms with Crippen LogP contribution in [0.3, 0.4) is 0 Å². The van der Waals surface area contributed by atoms with E-state index in [2.05, 4.69) is 32.8 Å². The molecule has 0 aromatic heterocycles. The van der Waals surface area contributed by atoms with Crippen LogP contribution in [0.4, 0.5) is 0 Å². The molecule has 0 spiro atoms. The first kappa shape index (κ1) is 8.92. The molecule has 9 heavy (non-hydrogen) atoms. The Bertz CT molecular complexity index is 71.3. The molecular weight excluding hydrogens is 112 g/mol. The van der Waals surface area contributed by atoms with Crippen LogP contribution in [0.2, 0.25) is 0 Å². The van der Waals surface area contributed by atoms with E-state index in [0.717, 1.165) is 6.42 Å². The molecule has 56 valence electrons. The third kappa shape index (κ3) is 2.82. The fraction of sp³-hybridized carbons (Fsp3) is 1.00. The first-order chi connectivity index (χ1) is 4.09. The van der Waals surface area contributed by atoms with Gasteiger partial charge in [-0.15, -0.1) is 0 Å². The van der Waals surface area contributed by atoms with Gasteiger partial charge in [0.05, 0.1) is 0 Å². The molecule has 0 radical (unpaired) electrons. The third-order valence-electron chi connectivity index (χ3n) is 1.91. The fourth-order valence-corrected chi connectivity index (χ4v) is 0.724. The lowest BCUT2D eigenvalue weighted by molar-refractivity contribution is 0.268. The summed E-state index contributed by atoms with van der Waals surface area (Å²) in [5, 5.41) is 0. The van der Waals surface area contributed by atoms with E-state index >= 15 is 0 Å². The standard InChI is InChI=1S/C7H18N2/c1-5-7(8)6(2)9(3)4/h6-7H,5,8H2,1-4H3/t6-,7?/m1/s1. The van der Waals surface area contributed by atoms with Crippen molar-refractivity contribution in [3.63, 3.8) is 0 Å². The maximum Gasteiger partial charge on any atom is 0.0212 e. The van der Waals surface area contributed by atoms with Gasteiger partial charge in [0.2, 0.25) is 0 Å². The molecule has 2 nitrogen and oxygen atoms in total. The molecule has 0 heterocycles. The molecule has 0 aromatic carbocycles. The van der Waals surface area contributed by atoms with Crippen molar-refractivity contribution in [1.29, 1.82) is 0 Å². The maximum atomic E-state index is 5.78. The minimum absolute atomic E-state index is 0.319. The van der Waals surface area contributed by atoms with Crippen LogP contribution in [0.1, 0.15) is 20.3 Å². The average molecular weight is 130 g/mol. The largest absolute Gasteiger partial charge is 0.326 e. The minimum Gasteiger partial charge on any atom is -0.326 e. The quantitative estimate of drug-likeness (QED) is 0.608. The van der Waals surface area contributed by atoms with Gasteiger partial charge in [-0.05, 0) is 27.4 Å². The number of hydrogen-bond acceptors (Lipinski definition) is 2. The average Bonchev–Trinajstić information content (AvgIpc) is 1.84. The molecule has 0 aromatic rings. The van der Waals surface area contributed by atoms with Gasteiger partial charge in [0.25, 0.3) is 0 Å². The lowest BCUT2D eigenvalue weighted by atomic mass is 10.1. The zero-order valence-corrected chi connectivity index (χ0v) is 6.89. The highest BCUT2D eigenvalue weighted by Gasteiger charge is 2.11. The number of nitrogens with two attached hydrogens (primary N) is 1. The minimum atomic E-state index is 0.319. The Labute approximate surface area is 58.0 Å². The predicted molar refractivity (Wildman–Crippen MR) is 41.4 cm³/mol. The molecule has 2 heteroatoms. The molecule has 0 saturated carbocycles. The summed E-state index contributed by atoms with van der Waals surface area (Å²) in [6, 6.07) is 0.815. The molecule has 0 saturated heterocycles. The summed E-state index contributed by atoms with van der Waals surface area (Å²) in [6.07, 6.45) is 1.05. The van der Waals surface area contributed by atoms with E-state index in [-0.39, 0.29) is 0 Å². The van der Waals surface area contributed by atoms with E-state index in [1.807, 2.05) is 0 Å². The Balaban J connectivity index is 3.58. The van der Waals surface area contributed by atoms with Gasteiger partial charge >= 0.3 is 0 Å². The van der Waals surface area contributed by atoms with Crippen LogP contribution in [0.15, 0.2) is 0 Å². The Morgan fingerprint density at radius 3 is 2.00 bits per heavy atom. The van der Waals surface area contributed by atoms with Crippen molar-refractivity contribution in [1.82, 2.24) is 4.90 Å². The second-order valence-corrected chi connectivity index (χ2v) is 2.78. The summed E-state index contributed by atoms with van der Waals surface area (Å²) in [6.45, 7) is 4.26. The summed E-state index contributed by atoms with van der Waals surface area (Å²) in [5.74, 6) is 0. The van der Waals surface area contributed by atoms with Crippen molar-refractivity contribution >= 4 is 0 Å². The van der Waals surface area contributed by atoms with E-state index in [1.165, 1.54) is 0 Å². The number of rotatable bonds is 3. The fourth-order valence-electron chi connectivity index (χ4n) is 0.724. The second kappa shape index (κ2) is 3.85.